The molecular weight excluding hydrogens is 504 g/mol. The number of halogens is 1. The molecule has 0 aromatic heterocycles. The highest BCUT2D eigenvalue weighted by Crippen LogP contribution is 2.40. The number of aliphatic carboxylic acids is 2. The van der Waals surface area contributed by atoms with E-state index in [1.807, 2.05) is 12.1 Å². The van der Waals surface area contributed by atoms with E-state index in [-0.39, 0.29) is 4.90 Å². The summed E-state index contributed by atoms with van der Waals surface area (Å²) in [5, 5.41) is 15.3. The van der Waals surface area contributed by atoms with Gasteiger partial charge in [-0.25, -0.2) is 18.0 Å². The van der Waals surface area contributed by atoms with Crippen molar-refractivity contribution < 1.29 is 42.4 Å². The highest BCUT2D eigenvalue weighted by molar-refractivity contribution is 7.89. The molecule has 0 spiro atoms. The molecule has 0 aliphatic carbocycles. The van der Waals surface area contributed by atoms with Crippen molar-refractivity contribution in [3.05, 3.63) is 47.0 Å². The summed E-state index contributed by atoms with van der Waals surface area (Å²) in [7, 11) is 1.23. The van der Waals surface area contributed by atoms with Crippen LogP contribution in [0.3, 0.4) is 0 Å². The van der Waals surface area contributed by atoms with Crippen LogP contribution in [0.2, 0.25) is 5.02 Å². The number of carboxylic acid groups (broad SMARTS) is 2. The molecule has 0 atom stereocenters. The molecule has 0 radical (unpaired) electrons. The molecule has 1 aliphatic rings. The smallest absolute Gasteiger partial charge is 0.414 e. The van der Waals surface area contributed by atoms with E-state index in [9.17, 15) is 8.42 Å². The first-order valence-electron chi connectivity index (χ1n) is 10.3. The normalized spacial score (nSPS) is 14.4. The zero-order chi connectivity index (χ0) is 26.2. The lowest BCUT2D eigenvalue weighted by atomic mass is 10.1. The first-order chi connectivity index (χ1) is 16.5. The maximum absolute atomic E-state index is 12.8. The molecule has 2 N–H and O–H groups in total. The number of piperazine rings is 1. The molecule has 35 heavy (non-hydrogen) atoms. The molecule has 1 fully saturated rings. The van der Waals surface area contributed by atoms with Gasteiger partial charge in [0.2, 0.25) is 15.8 Å². The first-order valence-corrected chi connectivity index (χ1v) is 12.1. The molecule has 2 aromatic rings. The van der Waals surface area contributed by atoms with Gasteiger partial charge < -0.3 is 24.4 Å². The quantitative estimate of drug-likeness (QED) is 0.510. The molecule has 0 bridgehead atoms. The number of nitrogens with zero attached hydrogens (tertiary/aromatic N) is 2. The van der Waals surface area contributed by atoms with Crippen molar-refractivity contribution in [2.75, 3.05) is 47.5 Å². The van der Waals surface area contributed by atoms with Gasteiger partial charge in [0.15, 0.2) is 11.5 Å². The minimum Gasteiger partial charge on any atom is -0.493 e. The van der Waals surface area contributed by atoms with E-state index in [4.69, 9.17) is 45.6 Å². The topological polar surface area (TPSA) is 143 Å². The van der Waals surface area contributed by atoms with E-state index in [0.717, 1.165) is 5.56 Å². The highest BCUT2D eigenvalue weighted by atomic mass is 35.5. The van der Waals surface area contributed by atoms with E-state index in [2.05, 4.69) is 4.90 Å². The van der Waals surface area contributed by atoms with Gasteiger partial charge in [0.25, 0.3) is 0 Å². The molecule has 11 nitrogen and oxygen atoms in total. The van der Waals surface area contributed by atoms with Crippen LogP contribution in [-0.2, 0) is 26.2 Å². The molecule has 1 aliphatic heterocycles. The van der Waals surface area contributed by atoms with E-state index in [1.165, 1.54) is 4.31 Å². The molecule has 0 saturated carbocycles. The summed E-state index contributed by atoms with van der Waals surface area (Å²) in [5.41, 5.74) is 0.958. The van der Waals surface area contributed by atoms with Crippen LogP contribution in [0.15, 0.2) is 41.3 Å². The number of carbonyl (C=O) groups is 2. The average Bonchev–Trinajstić information content (AvgIpc) is 2.84. The summed E-state index contributed by atoms with van der Waals surface area (Å²) in [6, 6.07) is 10.0. The van der Waals surface area contributed by atoms with Crippen LogP contribution in [0.1, 0.15) is 5.56 Å². The van der Waals surface area contributed by atoms with Crippen LogP contribution in [0.4, 0.5) is 0 Å². The number of ether oxygens (including phenoxy) is 3. The number of hydrogen-bond acceptors (Lipinski definition) is 8. The van der Waals surface area contributed by atoms with Crippen molar-refractivity contribution in [2.45, 2.75) is 11.4 Å². The summed E-state index contributed by atoms with van der Waals surface area (Å²) in [4.78, 5) is 20.7. The van der Waals surface area contributed by atoms with Gasteiger partial charge >= 0.3 is 11.9 Å². The summed E-state index contributed by atoms with van der Waals surface area (Å²) < 4.78 is 43.5. The van der Waals surface area contributed by atoms with Gasteiger partial charge in [0, 0.05) is 43.3 Å². The van der Waals surface area contributed by atoms with Crippen molar-refractivity contribution in [3.8, 4) is 17.2 Å². The van der Waals surface area contributed by atoms with Crippen LogP contribution >= 0.6 is 11.6 Å². The van der Waals surface area contributed by atoms with Gasteiger partial charge in [-0.05, 0) is 30.3 Å². The van der Waals surface area contributed by atoms with Gasteiger partial charge in [0.1, 0.15) is 0 Å². The second kappa shape index (κ2) is 12.6. The SMILES string of the molecule is COc1ccc(CN2CCN(S(=O)(=O)c3ccc(Cl)cc3)CC2)c(OC)c1OC.O=C(O)C(=O)O. The standard InChI is InChI=1S/C20H25ClN2O5S.C2H2O4/c1-26-18-9-4-15(19(27-2)20(18)28-3)14-22-10-12-23(13-11-22)29(24,25)17-7-5-16(21)6-8-17;3-1(4)2(5)6/h4-9H,10-14H2,1-3H3;(H,3,4)(H,5,6). The lowest BCUT2D eigenvalue weighted by Gasteiger charge is -2.34. The molecule has 3 rings (SSSR count). The second-order valence-electron chi connectivity index (χ2n) is 7.24. The van der Waals surface area contributed by atoms with Gasteiger partial charge in [-0.15, -0.1) is 0 Å². The van der Waals surface area contributed by atoms with Gasteiger partial charge in [-0.3, -0.25) is 4.90 Å². The fourth-order valence-corrected chi connectivity index (χ4v) is 4.96. The minimum atomic E-state index is -3.52. The third-order valence-electron chi connectivity index (χ3n) is 5.15. The molecule has 192 valence electrons. The molecule has 13 heteroatoms. The molecular formula is C22H27ClN2O9S. The summed E-state index contributed by atoms with van der Waals surface area (Å²) in [6.45, 7) is 2.69. The predicted octanol–water partition coefficient (Wildman–Crippen LogP) is 2.03. The Kier molecular flexibility index (Phi) is 10.1. The third kappa shape index (κ3) is 7.21. The Labute approximate surface area is 208 Å². The lowest BCUT2D eigenvalue weighted by molar-refractivity contribution is -0.159. The number of methoxy groups -OCH3 is 3. The minimum absolute atomic E-state index is 0.261. The van der Waals surface area contributed by atoms with Crippen molar-refractivity contribution >= 4 is 33.6 Å². The molecule has 0 amide bonds. The zero-order valence-corrected chi connectivity index (χ0v) is 21.0. The Morgan fingerprint density at radius 3 is 1.86 bits per heavy atom. The highest BCUT2D eigenvalue weighted by Gasteiger charge is 2.29. The summed E-state index contributed by atoms with van der Waals surface area (Å²) in [5.74, 6) is -1.86. The zero-order valence-electron chi connectivity index (χ0n) is 19.4. The van der Waals surface area contributed by atoms with Crippen molar-refractivity contribution in [1.29, 1.82) is 0 Å². The molecule has 2 aromatic carbocycles. The van der Waals surface area contributed by atoms with E-state index < -0.39 is 22.0 Å². The van der Waals surface area contributed by atoms with Crippen LogP contribution in [0.25, 0.3) is 0 Å². The Morgan fingerprint density at radius 1 is 0.857 bits per heavy atom. The number of rotatable bonds is 7. The van der Waals surface area contributed by atoms with Gasteiger partial charge in [-0.2, -0.15) is 4.31 Å². The van der Waals surface area contributed by atoms with Gasteiger partial charge in [-0.1, -0.05) is 17.7 Å². The largest absolute Gasteiger partial charge is 0.493 e. The van der Waals surface area contributed by atoms with Crippen molar-refractivity contribution in [2.24, 2.45) is 0 Å². The second-order valence-corrected chi connectivity index (χ2v) is 9.61. The Balaban J connectivity index is 0.000000641. The lowest BCUT2D eigenvalue weighted by Crippen LogP contribution is -2.48. The van der Waals surface area contributed by atoms with Crippen LogP contribution in [0, 0.1) is 0 Å². The van der Waals surface area contributed by atoms with Crippen LogP contribution in [0.5, 0.6) is 17.2 Å². The van der Waals surface area contributed by atoms with E-state index in [0.29, 0.717) is 55.0 Å². The Hall–Kier alpha value is -3.06. The van der Waals surface area contributed by atoms with Gasteiger partial charge in [0.05, 0.1) is 26.2 Å². The molecule has 1 saturated heterocycles. The first kappa shape index (κ1) is 28.2. The van der Waals surface area contributed by atoms with Crippen LogP contribution < -0.4 is 14.2 Å². The number of sulfonamides is 1. The average molecular weight is 531 g/mol. The fraction of sp³-hybridized carbons (Fsp3) is 0.364. The predicted molar refractivity (Wildman–Crippen MR) is 127 cm³/mol. The summed E-state index contributed by atoms with van der Waals surface area (Å²) in [6.07, 6.45) is 0. The number of benzene rings is 2. The summed E-state index contributed by atoms with van der Waals surface area (Å²) >= 11 is 5.87. The van der Waals surface area contributed by atoms with E-state index >= 15 is 0 Å². The number of hydrogen-bond donors (Lipinski definition) is 2. The third-order valence-corrected chi connectivity index (χ3v) is 7.31. The Morgan fingerprint density at radius 2 is 1.40 bits per heavy atom. The monoisotopic (exact) mass is 530 g/mol. The number of carboxylic acids is 2. The van der Waals surface area contributed by atoms with Crippen molar-refractivity contribution in [1.82, 2.24) is 9.21 Å². The Bertz CT molecular complexity index is 1120. The van der Waals surface area contributed by atoms with Crippen LogP contribution in [-0.4, -0.2) is 87.3 Å². The maximum Gasteiger partial charge on any atom is 0.414 e. The maximum atomic E-state index is 12.8. The van der Waals surface area contributed by atoms with Crippen molar-refractivity contribution in [3.63, 3.8) is 0 Å². The molecule has 1 heterocycles. The molecule has 0 unspecified atom stereocenters. The fourth-order valence-electron chi connectivity index (χ4n) is 3.41. The van der Waals surface area contributed by atoms with E-state index in [1.54, 1.807) is 45.6 Å².